The Bertz CT molecular complexity index is 460. The van der Waals surface area contributed by atoms with Crippen molar-refractivity contribution in [3.63, 3.8) is 0 Å². The van der Waals surface area contributed by atoms with Gasteiger partial charge in [0.15, 0.2) is 0 Å². The number of carbonyl (C=O) groups is 1. The molecule has 1 N–H and O–H groups in total. The number of rotatable bonds is 7. The highest BCUT2D eigenvalue weighted by atomic mass is 16.2. The first-order chi connectivity index (χ1) is 10.1. The largest absolute Gasteiger partial charge is 0.321 e. The first kappa shape index (κ1) is 16.0. The normalized spacial score (nSPS) is 25.6. The predicted octanol–water partition coefficient (Wildman–Crippen LogP) is 3.87. The van der Waals surface area contributed by atoms with Crippen molar-refractivity contribution in [3.05, 3.63) is 35.9 Å². The third-order valence-corrected chi connectivity index (χ3v) is 4.57. The minimum absolute atomic E-state index is 0.0188. The standard InChI is InChI=1S/C18H28N2O/c1-4-6-7-11-14-20-16(15-12-9-8-10-13-15)19-18(3,5-2)17(20)21/h8-10,12-13,16,19H,4-7,11,14H2,1-3H3. The van der Waals surface area contributed by atoms with Gasteiger partial charge in [-0.25, -0.2) is 0 Å². The van der Waals surface area contributed by atoms with E-state index < -0.39 is 5.54 Å². The Kier molecular flexibility index (Phi) is 5.40. The van der Waals surface area contributed by atoms with E-state index in [9.17, 15) is 4.79 Å². The van der Waals surface area contributed by atoms with Gasteiger partial charge in [-0.05, 0) is 25.3 Å². The van der Waals surface area contributed by atoms with Crippen LogP contribution in [0.1, 0.15) is 64.6 Å². The molecule has 116 valence electrons. The molecule has 1 saturated heterocycles. The van der Waals surface area contributed by atoms with Gasteiger partial charge in [-0.1, -0.05) is 63.4 Å². The Labute approximate surface area is 128 Å². The number of hydrogen-bond donors (Lipinski definition) is 1. The SMILES string of the molecule is CCCCCCN1C(=O)C(C)(CC)NC1c1ccccc1. The summed E-state index contributed by atoms with van der Waals surface area (Å²) in [5.74, 6) is 0.246. The lowest BCUT2D eigenvalue weighted by Crippen LogP contribution is -2.43. The van der Waals surface area contributed by atoms with Crippen molar-refractivity contribution in [1.29, 1.82) is 0 Å². The Morgan fingerprint density at radius 1 is 1.14 bits per heavy atom. The molecule has 1 heterocycles. The van der Waals surface area contributed by atoms with Gasteiger partial charge in [-0.3, -0.25) is 10.1 Å². The highest BCUT2D eigenvalue weighted by Gasteiger charge is 2.46. The van der Waals surface area contributed by atoms with Crippen LogP contribution in [0.4, 0.5) is 0 Å². The molecular formula is C18H28N2O. The Morgan fingerprint density at radius 3 is 2.48 bits per heavy atom. The lowest BCUT2D eigenvalue weighted by atomic mass is 9.99. The highest BCUT2D eigenvalue weighted by Crippen LogP contribution is 2.32. The first-order valence-corrected chi connectivity index (χ1v) is 8.26. The molecule has 21 heavy (non-hydrogen) atoms. The second-order valence-electron chi connectivity index (χ2n) is 6.20. The third-order valence-electron chi connectivity index (χ3n) is 4.57. The molecule has 0 bridgehead atoms. The van der Waals surface area contributed by atoms with Crippen molar-refractivity contribution in [2.24, 2.45) is 0 Å². The Hall–Kier alpha value is -1.35. The summed E-state index contributed by atoms with van der Waals surface area (Å²) in [4.78, 5) is 14.8. The van der Waals surface area contributed by atoms with Gasteiger partial charge in [-0.2, -0.15) is 0 Å². The minimum atomic E-state index is -0.425. The molecule has 0 spiro atoms. The monoisotopic (exact) mass is 288 g/mol. The van der Waals surface area contributed by atoms with Crippen molar-refractivity contribution < 1.29 is 4.79 Å². The maximum absolute atomic E-state index is 12.8. The summed E-state index contributed by atoms with van der Waals surface area (Å²) in [6, 6.07) is 10.3. The van der Waals surface area contributed by atoms with E-state index in [1.54, 1.807) is 0 Å². The summed E-state index contributed by atoms with van der Waals surface area (Å²) in [6.07, 6.45) is 5.60. The van der Waals surface area contributed by atoms with E-state index in [1.165, 1.54) is 24.8 Å². The zero-order valence-electron chi connectivity index (χ0n) is 13.6. The van der Waals surface area contributed by atoms with Gasteiger partial charge in [-0.15, -0.1) is 0 Å². The van der Waals surface area contributed by atoms with Gasteiger partial charge in [0.25, 0.3) is 0 Å². The van der Waals surface area contributed by atoms with Crippen LogP contribution in [0.3, 0.4) is 0 Å². The maximum Gasteiger partial charge on any atom is 0.244 e. The predicted molar refractivity (Wildman–Crippen MR) is 86.9 cm³/mol. The molecular weight excluding hydrogens is 260 g/mol. The van der Waals surface area contributed by atoms with Crippen LogP contribution in [-0.2, 0) is 4.79 Å². The van der Waals surface area contributed by atoms with E-state index >= 15 is 0 Å². The average molecular weight is 288 g/mol. The molecule has 3 heteroatoms. The minimum Gasteiger partial charge on any atom is -0.321 e. The molecule has 2 unspecified atom stereocenters. The molecule has 3 nitrogen and oxygen atoms in total. The molecule has 1 aromatic rings. The summed E-state index contributed by atoms with van der Waals surface area (Å²) in [5.41, 5.74) is 0.754. The zero-order valence-corrected chi connectivity index (χ0v) is 13.6. The molecule has 0 aliphatic carbocycles. The third kappa shape index (κ3) is 3.46. The number of benzene rings is 1. The number of carbonyl (C=O) groups excluding carboxylic acids is 1. The van der Waals surface area contributed by atoms with E-state index in [0.29, 0.717) is 0 Å². The summed E-state index contributed by atoms with van der Waals surface area (Å²) < 4.78 is 0. The first-order valence-electron chi connectivity index (χ1n) is 8.26. The summed E-state index contributed by atoms with van der Waals surface area (Å²) in [7, 11) is 0. The Morgan fingerprint density at radius 2 is 1.86 bits per heavy atom. The van der Waals surface area contributed by atoms with E-state index in [4.69, 9.17) is 0 Å². The molecule has 1 aliphatic rings. The quantitative estimate of drug-likeness (QED) is 0.773. The molecule has 2 atom stereocenters. The molecule has 0 aromatic heterocycles. The van der Waals surface area contributed by atoms with Crippen LogP contribution in [0.2, 0.25) is 0 Å². The lowest BCUT2D eigenvalue weighted by Gasteiger charge is -2.24. The second kappa shape index (κ2) is 7.08. The highest BCUT2D eigenvalue weighted by molar-refractivity contribution is 5.88. The van der Waals surface area contributed by atoms with Crippen molar-refractivity contribution in [3.8, 4) is 0 Å². The van der Waals surface area contributed by atoms with E-state index in [0.717, 1.165) is 19.4 Å². The van der Waals surface area contributed by atoms with Crippen LogP contribution in [0, 0.1) is 0 Å². The lowest BCUT2D eigenvalue weighted by molar-refractivity contribution is -0.133. The number of unbranched alkanes of at least 4 members (excludes halogenated alkanes) is 3. The maximum atomic E-state index is 12.8. The zero-order chi connectivity index (χ0) is 15.3. The number of nitrogens with one attached hydrogen (secondary N) is 1. The fourth-order valence-electron chi connectivity index (χ4n) is 2.97. The summed E-state index contributed by atoms with van der Waals surface area (Å²) >= 11 is 0. The topological polar surface area (TPSA) is 32.3 Å². The summed E-state index contributed by atoms with van der Waals surface area (Å²) in [5, 5.41) is 3.55. The molecule has 2 rings (SSSR count). The Balaban J connectivity index is 2.14. The smallest absolute Gasteiger partial charge is 0.244 e. The van der Waals surface area contributed by atoms with Gasteiger partial charge in [0, 0.05) is 6.54 Å². The van der Waals surface area contributed by atoms with Crippen molar-refractivity contribution in [2.75, 3.05) is 6.54 Å². The van der Waals surface area contributed by atoms with Gasteiger partial charge in [0.2, 0.25) is 5.91 Å². The van der Waals surface area contributed by atoms with Crippen LogP contribution in [0.25, 0.3) is 0 Å². The van der Waals surface area contributed by atoms with Crippen LogP contribution in [0.15, 0.2) is 30.3 Å². The number of nitrogens with zero attached hydrogens (tertiary/aromatic N) is 1. The van der Waals surface area contributed by atoms with Crippen LogP contribution < -0.4 is 5.32 Å². The van der Waals surface area contributed by atoms with Gasteiger partial charge in [0.05, 0.1) is 5.54 Å². The molecule has 1 aromatic carbocycles. The van der Waals surface area contributed by atoms with E-state index in [2.05, 4.69) is 31.3 Å². The second-order valence-corrected chi connectivity index (χ2v) is 6.20. The molecule has 1 aliphatic heterocycles. The fourth-order valence-corrected chi connectivity index (χ4v) is 2.97. The van der Waals surface area contributed by atoms with Gasteiger partial charge in [0.1, 0.15) is 6.17 Å². The average Bonchev–Trinajstić information content (AvgIpc) is 2.78. The molecule has 1 amide bonds. The van der Waals surface area contributed by atoms with Crippen molar-refractivity contribution in [2.45, 2.75) is 64.6 Å². The molecule has 0 radical (unpaired) electrons. The number of amides is 1. The molecule has 0 saturated carbocycles. The van der Waals surface area contributed by atoms with Crippen molar-refractivity contribution >= 4 is 5.91 Å². The van der Waals surface area contributed by atoms with Gasteiger partial charge < -0.3 is 4.90 Å². The van der Waals surface area contributed by atoms with E-state index in [-0.39, 0.29) is 12.1 Å². The molecule has 1 fully saturated rings. The van der Waals surface area contributed by atoms with Crippen LogP contribution in [0.5, 0.6) is 0 Å². The number of hydrogen-bond acceptors (Lipinski definition) is 2. The fraction of sp³-hybridized carbons (Fsp3) is 0.611. The summed E-state index contributed by atoms with van der Waals surface area (Å²) in [6.45, 7) is 7.16. The van der Waals surface area contributed by atoms with E-state index in [1.807, 2.05) is 30.0 Å². The van der Waals surface area contributed by atoms with Crippen molar-refractivity contribution in [1.82, 2.24) is 10.2 Å². The van der Waals surface area contributed by atoms with Gasteiger partial charge >= 0.3 is 0 Å². The van der Waals surface area contributed by atoms with Crippen LogP contribution >= 0.6 is 0 Å². The van der Waals surface area contributed by atoms with Crippen LogP contribution in [-0.4, -0.2) is 22.9 Å².